The number of hydrogen-bond acceptors (Lipinski definition) is 5. The average Bonchev–Trinajstić information content (AvgIpc) is 2.14. The van der Waals surface area contributed by atoms with Crippen LogP contribution in [-0.4, -0.2) is 51.2 Å². The number of carbonyl (C=O) groups is 2. The Hall–Kier alpha value is -0.780. The molecular formula is C10H18O5. The first-order valence-corrected chi connectivity index (χ1v) is 4.73. The van der Waals surface area contributed by atoms with Crippen LogP contribution in [0.5, 0.6) is 0 Å². The van der Waals surface area contributed by atoms with Crippen LogP contribution in [0.25, 0.3) is 0 Å². The predicted octanol–water partition coefficient (Wildman–Crippen LogP) is 0.213. The standard InChI is InChI=1S/C10H18O5/c1-8(11)4-14-6-10(13-3)7-15-5-9(2)12/h10H,4-7H2,1-3H3. The molecule has 0 N–H and O–H groups in total. The highest BCUT2D eigenvalue weighted by Gasteiger charge is 2.08. The first-order valence-electron chi connectivity index (χ1n) is 4.73. The maximum atomic E-state index is 10.6. The van der Waals surface area contributed by atoms with E-state index in [1.165, 1.54) is 21.0 Å². The molecule has 0 aliphatic rings. The van der Waals surface area contributed by atoms with Gasteiger partial charge in [0.15, 0.2) is 11.6 Å². The normalized spacial score (nSPS) is 10.7. The molecule has 0 aromatic rings. The van der Waals surface area contributed by atoms with Gasteiger partial charge in [0.1, 0.15) is 19.3 Å². The van der Waals surface area contributed by atoms with Crippen molar-refractivity contribution in [2.75, 3.05) is 33.5 Å². The largest absolute Gasteiger partial charge is 0.377 e. The van der Waals surface area contributed by atoms with Crippen LogP contribution < -0.4 is 0 Å². The summed E-state index contributed by atoms with van der Waals surface area (Å²) < 4.78 is 15.2. The fourth-order valence-electron chi connectivity index (χ4n) is 0.852. The van der Waals surface area contributed by atoms with E-state index in [1.807, 2.05) is 0 Å². The fourth-order valence-corrected chi connectivity index (χ4v) is 0.852. The van der Waals surface area contributed by atoms with Crippen molar-refractivity contribution >= 4 is 11.6 Å². The van der Waals surface area contributed by atoms with E-state index in [4.69, 9.17) is 14.2 Å². The molecular weight excluding hydrogens is 200 g/mol. The highest BCUT2D eigenvalue weighted by atomic mass is 16.6. The molecule has 0 aromatic carbocycles. The van der Waals surface area contributed by atoms with Crippen LogP contribution in [0.3, 0.4) is 0 Å². The molecule has 0 fully saturated rings. The Morgan fingerprint density at radius 1 is 1.00 bits per heavy atom. The highest BCUT2D eigenvalue weighted by molar-refractivity contribution is 5.77. The zero-order valence-electron chi connectivity index (χ0n) is 9.45. The summed E-state index contributed by atoms with van der Waals surface area (Å²) >= 11 is 0. The van der Waals surface area contributed by atoms with E-state index in [0.29, 0.717) is 0 Å². The lowest BCUT2D eigenvalue weighted by molar-refractivity contribution is -0.125. The third kappa shape index (κ3) is 9.52. The molecule has 0 atom stereocenters. The van der Waals surface area contributed by atoms with E-state index >= 15 is 0 Å². The van der Waals surface area contributed by atoms with Crippen LogP contribution in [0.2, 0.25) is 0 Å². The van der Waals surface area contributed by atoms with Crippen molar-refractivity contribution in [3.63, 3.8) is 0 Å². The smallest absolute Gasteiger partial charge is 0.155 e. The molecule has 0 spiro atoms. The first kappa shape index (κ1) is 14.2. The molecule has 0 bridgehead atoms. The monoisotopic (exact) mass is 218 g/mol. The average molecular weight is 218 g/mol. The minimum Gasteiger partial charge on any atom is -0.377 e. The van der Waals surface area contributed by atoms with Gasteiger partial charge >= 0.3 is 0 Å². The molecule has 0 saturated heterocycles. The van der Waals surface area contributed by atoms with Crippen LogP contribution in [-0.2, 0) is 23.8 Å². The molecule has 5 heteroatoms. The molecule has 0 heterocycles. The minimum atomic E-state index is -0.247. The summed E-state index contributed by atoms with van der Waals surface area (Å²) in [7, 11) is 1.53. The van der Waals surface area contributed by atoms with Gasteiger partial charge in [-0.25, -0.2) is 0 Å². The maximum absolute atomic E-state index is 10.6. The van der Waals surface area contributed by atoms with Crippen molar-refractivity contribution in [3.05, 3.63) is 0 Å². The third-order valence-corrected chi connectivity index (χ3v) is 1.55. The SMILES string of the molecule is COC(COCC(C)=O)COCC(C)=O. The van der Waals surface area contributed by atoms with Gasteiger partial charge in [0.25, 0.3) is 0 Å². The van der Waals surface area contributed by atoms with E-state index in [2.05, 4.69) is 0 Å². The molecule has 5 nitrogen and oxygen atoms in total. The Morgan fingerprint density at radius 2 is 1.40 bits per heavy atom. The molecule has 0 aliphatic carbocycles. The van der Waals surface area contributed by atoms with Crippen LogP contribution in [0.15, 0.2) is 0 Å². The summed E-state index contributed by atoms with van der Waals surface area (Å²) in [6, 6.07) is 0. The molecule has 0 unspecified atom stereocenters. The van der Waals surface area contributed by atoms with Gasteiger partial charge < -0.3 is 14.2 Å². The minimum absolute atomic E-state index is 0.0329. The lowest BCUT2D eigenvalue weighted by Gasteiger charge is -2.14. The quantitative estimate of drug-likeness (QED) is 0.553. The van der Waals surface area contributed by atoms with Gasteiger partial charge in [0.2, 0.25) is 0 Å². The summed E-state index contributed by atoms with van der Waals surface area (Å²) in [5.41, 5.74) is 0. The van der Waals surface area contributed by atoms with Gasteiger partial charge in [-0.1, -0.05) is 0 Å². The number of rotatable bonds is 9. The highest BCUT2D eigenvalue weighted by Crippen LogP contribution is 1.93. The van der Waals surface area contributed by atoms with Crippen LogP contribution in [0.1, 0.15) is 13.8 Å². The fraction of sp³-hybridized carbons (Fsp3) is 0.800. The summed E-state index contributed by atoms with van der Waals surface area (Å²) in [5.74, 6) is -0.0657. The molecule has 0 saturated carbocycles. The lowest BCUT2D eigenvalue weighted by Crippen LogP contribution is -2.26. The van der Waals surface area contributed by atoms with Crippen molar-refractivity contribution < 1.29 is 23.8 Å². The Bertz CT molecular complexity index is 182. The molecule has 0 amide bonds. The number of Topliss-reactive ketones (excluding diaryl/α,β-unsaturated/α-hetero) is 2. The van der Waals surface area contributed by atoms with E-state index in [-0.39, 0.29) is 44.1 Å². The van der Waals surface area contributed by atoms with E-state index in [0.717, 1.165) is 0 Å². The molecule has 0 aliphatic heterocycles. The van der Waals surface area contributed by atoms with Crippen molar-refractivity contribution in [3.8, 4) is 0 Å². The number of hydrogen-bond donors (Lipinski definition) is 0. The van der Waals surface area contributed by atoms with Gasteiger partial charge in [-0.2, -0.15) is 0 Å². The maximum Gasteiger partial charge on any atom is 0.155 e. The topological polar surface area (TPSA) is 61.8 Å². The summed E-state index contributed by atoms with van der Waals surface area (Å²) in [4.78, 5) is 21.2. The Morgan fingerprint density at radius 3 is 1.67 bits per heavy atom. The Kier molecular flexibility index (Phi) is 8.08. The number of ether oxygens (including phenoxy) is 3. The van der Waals surface area contributed by atoms with Crippen LogP contribution in [0, 0.1) is 0 Å². The second-order valence-corrected chi connectivity index (χ2v) is 3.29. The van der Waals surface area contributed by atoms with Gasteiger partial charge in [-0.3, -0.25) is 9.59 Å². The predicted molar refractivity (Wildman–Crippen MR) is 53.8 cm³/mol. The molecule has 88 valence electrons. The Balaban J connectivity index is 3.54. The first-order chi connectivity index (χ1) is 7.06. The number of ketones is 2. The van der Waals surface area contributed by atoms with E-state index in [1.54, 1.807) is 0 Å². The number of methoxy groups -OCH3 is 1. The van der Waals surface area contributed by atoms with Crippen molar-refractivity contribution in [2.24, 2.45) is 0 Å². The lowest BCUT2D eigenvalue weighted by atomic mass is 10.4. The zero-order valence-corrected chi connectivity index (χ0v) is 9.45. The van der Waals surface area contributed by atoms with Gasteiger partial charge in [-0.05, 0) is 13.8 Å². The summed E-state index contributed by atoms with van der Waals surface area (Å²) in [5, 5.41) is 0. The number of carbonyl (C=O) groups excluding carboxylic acids is 2. The molecule has 15 heavy (non-hydrogen) atoms. The third-order valence-electron chi connectivity index (χ3n) is 1.55. The van der Waals surface area contributed by atoms with E-state index in [9.17, 15) is 9.59 Å². The van der Waals surface area contributed by atoms with Crippen LogP contribution >= 0.6 is 0 Å². The molecule has 0 aromatic heterocycles. The molecule has 0 radical (unpaired) electrons. The van der Waals surface area contributed by atoms with Crippen LogP contribution in [0.4, 0.5) is 0 Å². The van der Waals surface area contributed by atoms with Gasteiger partial charge in [-0.15, -0.1) is 0 Å². The Labute approximate surface area is 89.7 Å². The van der Waals surface area contributed by atoms with Crippen molar-refractivity contribution in [1.82, 2.24) is 0 Å². The second-order valence-electron chi connectivity index (χ2n) is 3.29. The summed E-state index contributed by atoms with van der Waals surface area (Å²) in [6.45, 7) is 3.63. The zero-order chi connectivity index (χ0) is 11.7. The van der Waals surface area contributed by atoms with Crippen molar-refractivity contribution in [1.29, 1.82) is 0 Å². The van der Waals surface area contributed by atoms with Gasteiger partial charge in [0.05, 0.1) is 13.2 Å². The molecule has 0 rings (SSSR count). The summed E-state index contributed by atoms with van der Waals surface area (Å²) in [6.07, 6.45) is -0.247. The van der Waals surface area contributed by atoms with Crippen molar-refractivity contribution in [2.45, 2.75) is 20.0 Å². The van der Waals surface area contributed by atoms with Gasteiger partial charge in [0, 0.05) is 7.11 Å². The van der Waals surface area contributed by atoms with E-state index < -0.39 is 0 Å². The second kappa shape index (κ2) is 8.52.